The zero-order valence-corrected chi connectivity index (χ0v) is 9.81. The predicted molar refractivity (Wildman–Crippen MR) is 63.6 cm³/mol. The normalized spacial score (nSPS) is 15.0. The lowest BCUT2D eigenvalue weighted by Crippen LogP contribution is -2.27. The molecule has 1 saturated heterocycles. The number of hydrogen-bond donors (Lipinski definition) is 1. The highest BCUT2D eigenvalue weighted by Gasteiger charge is 2.25. The Balaban J connectivity index is 2.31. The molecular weight excluding hydrogens is 220 g/mol. The molecule has 0 saturated carbocycles. The van der Waals surface area contributed by atoms with Crippen LogP contribution in [-0.2, 0) is 4.84 Å². The highest BCUT2D eigenvalue weighted by atomic mass is 16.7. The number of nitrogens with zero attached hydrogens (tertiary/aromatic N) is 1. The number of rotatable bonds is 3. The molecule has 92 valence electrons. The molecule has 0 spiro atoms. The molecule has 2 rings (SSSR count). The van der Waals surface area contributed by atoms with Crippen LogP contribution in [0.2, 0.25) is 0 Å². The summed E-state index contributed by atoms with van der Waals surface area (Å²) in [5.74, 6) is 0.275. The largest absolute Gasteiger partial charge is 0.493 e. The lowest BCUT2D eigenvalue weighted by atomic mass is 10.1. The summed E-state index contributed by atoms with van der Waals surface area (Å²) in [4.78, 5) is 17.4. The monoisotopic (exact) mass is 236 g/mol. The predicted octanol–water partition coefficient (Wildman–Crippen LogP) is 1.45. The third kappa shape index (κ3) is 2.34. The van der Waals surface area contributed by atoms with Gasteiger partial charge in [0, 0.05) is 5.69 Å². The number of carbonyl (C=O) groups excluding carboxylic acids is 1. The van der Waals surface area contributed by atoms with Gasteiger partial charge in [0.15, 0.2) is 0 Å². The Morgan fingerprint density at radius 1 is 1.59 bits per heavy atom. The summed E-state index contributed by atoms with van der Waals surface area (Å²) in [5.41, 5.74) is 6.64. The van der Waals surface area contributed by atoms with Crippen LogP contribution >= 0.6 is 0 Å². The Morgan fingerprint density at radius 2 is 2.41 bits per heavy atom. The maximum atomic E-state index is 12.2. The Morgan fingerprint density at radius 3 is 3.06 bits per heavy atom. The van der Waals surface area contributed by atoms with Crippen LogP contribution in [0.5, 0.6) is 5.75 Å². The van der Waals surface area contributed by atoms with E-state index in [-0.39, 0.29) is 5.91 Å². The molecule has 1 aromatic rings. The summed E-state index contributed by atoms with van der Waals surface area (Å²) in [6, 6.07) is 5.19. The average Bonchev–Trinajstić information content (AvgIpc) is 2.82. The third-order valence-electron chi connectivity index (χ3n) is 2.55. The van der Waals surface area contributed by atoms with Crippen LogP contribution in [0, 0.1) is 0 Å². The lowest BCUT2D eigenvalue weighted by Gasteiger charge is -2.17. The highest BCUT2D eigenvalue weighted by molar-refractivity contribution is 6.01. The van der Waals surface area contributed by atoms with Crippen molar-refractivity contribution in [3.05, 3.63) is 23.8 Å². The van der Waals surface area contributed by atoms with Crippen LogP contribution in [0.15, 0.2) is 18.2 Å². The van der Waals surface area contributed by atoms with Crippen LogP contribution in [0.25, 0.3) is 0 Å². The third-order valence-corrected chi connectivity index (χ3v) is 2.55. The minimum absolute atomic E-state index is 0.232. The van der Waals surface area contributed by atoms with E-state index in [2.05, 4.69) is 0 Å². The van der Waals surface area contributed by atoms with Gasteiger partial charge in [-0.25, -0.2) is 5.06 Å². The molecule has 1 heterocycles. The number of benzene rings is 1. The molecule has 2 N–H and O–H groups in total. The molecule has 1 aliphatic rings. The Labute approximate surface area is 100 Å². The second kappa shape index (κ2) is 5.05. The van der Waals surface area contributed by atoms with E-state index in [0.717, 1.165) is 6.42 Å². The van der Waals surface area contributed by atoms with Gasteiger partial charge >= 0.3 is 0 Å². The number of hydroxylamine groups is 2. The molecule has 0 aliphatic carbocycles. The fourth-order valence-corrected chi connectivity index (χ4v) is 1.79. The number of anilines is 1. The summed E-state index contributed by atoms with van der Waals surface area (Å²) in [6.07, 6.45) is 0.850. The minimum Gasteiger partial charge on any atom is -0.493 e. The first-order valence-corrected chi connectivity index (χ1v) is 5.70. The van der Waals surface area contributed by atoms with E-state index in [4.69, 9.17) is 15.3 Å². The van der Waals surface area contributed by atoms with Gasteiger partial charge in [0.05, 0.1) is 19.8 Å². The first-order valence-electron chi connectivity index (χ1n) is 5.70. The highest BCUT2D eigenvalue weighted by Crippen LogP contribution is 2.27. The second-order valence-corrected chi connectivity index (χ2v) is 3.75. The van der Waals surface area contributed by atoms with Crippen LogP contribution in [0.1, 0.15) is 23.7 Å². The van der Waals surface area contributed by atoms with Crippen molar-refractivity contribution in [3.8, 4) is 5.75 Å². The molecule has 1 amide bonds. The zero-order valence-electron chi connectivity index (χ0n) is 9.81. The van der Waals surface area contributed by atoms with Crippen molar-refractivity contribution in [1.29, 1.82) is 0 Å². The molecule has 0 atom stereocenters. The fraction of sp³-hybridized carbons (Fsp3) is 0.417. The van der Waals surface area contributed by atoms with E-state index in [9.17, 15) is 4.79 Å². The summed E-state index contributed by atoms with van der Waals surface area (Å²) in [7, 11) is 0. The van der Waals surface area contributed by atoms with Crippen LogP contribution < -0.4 is 10.5 Å². The van der Waals surface area contributed by atoms with Gasteiger partial charge in [0.25, 0.3) is 5.91 Å². The van der Waals surface area contributed by atoms with Crippen molar-refractivity contribution in [2.24, 2.45) is 0 Å². The summed E-state index contributed by atoms with van der Waals surface area (Å²) in [6.45, 7) is 3.52. The molecule has 1 aromatic carbocycles. The van der Waals surface area contributed by atoms with Gasteiger partial charge in [0.1, 0.15) is 11.3 Å². The van der Waals surface area contributed by atoms with E-state index in [0.29, 0.717) is 36.8 Å². The number of nitrogens with two attached hydrogens (primary N) is 1. The van der Waals surface area contributed by atoms with Gasteiger partial charge in [-0.05, 0) is 25.5 Å². The summed E-state index contributed by atoms with van der Waals surface area (Å²) in [5, 5.41) is 1.34. The van der Waals surface area contributed by atoms with Crippen LogP contribution in [0.3, 0.4) is 0 Å². The average molecular weight is 236 g/mol. The van der Waals surface area contributed by atoms with Crippen molar-refractivity contribution in [2.75, 3.05) is 25.5 Å². The first kappa shape index (κ1) is 11.7. The van der Waals surface area contributed by atoms with Crippen molar-refractivity contribution in [2.45, 2.75) is 13.3 Å². The van der Waals surface area contributed by atoms with E-state index in [1.54, 1.807) is 18.2 Å². The standard InChI is InChI=1S/C12H16N2O3/c1-2-16-10-6-3-5-9(13)11(10)12(15)14-7-4-8-17-14/h3,5-6H,2,4,7-8,13H2,1H3. The zero-order chi connectivity index (χ0) is 12.3. The SMILES string of the molecule is CCOc1cccc(N)c1C(=O)N1CCCO1. The molecule has 17 heavy (non-hydrogen) atoms. The van der Waals surface area contributed by atoms with Gasteiger partial charge in [-0.1, -0.05) is 6.07 Å². The first-order chi connectivity index (χ1) is 8.24. The van der Waals surface area contributed by atoms with Crippen molar-refractivity contribution >= 4 is 11.6 Å². The number of amides is 1. The molecule has 1 fully saturated rings. The van der Waals surface area contributed by atoms with Gasteiger partial charge in [-0.2, -0.15) is 0 Å². The number of nitrogen functional groups attached to an aromatic ring is 1. The molecule has 1 aliphatic heterocycles. The molecule has 0 aromatic heterocycles. The van der Waals surface area contributed by atoms with E-state index in [1.165, 1.54) is 5.06 Å². The quantitative estimate of drug-likeness (QED) is 0.807. The molecule has 0 unspecified atom stereocenters. The van der Waals surface area contributed by atoms with E-state index in [1.807, 2.05) is 6.92 Å². The van der Waals surface area contributed by atoms with Gasteiger partial charge < -0.3 is 10.5 Å². The molecule has 5 heteroatoms. The van der Waals surface area contributed by atoms with E-state index >= 15 is 0 Å². The van der Waals surface area contributed by atoms with Crippen LogP contribution in [-0.4, -0.2) is 30.7 Å². The van der Waals surface area contributed by atoms with Crippen LogP contribution in [0.4, 0.5) is 5.69 Å². The number of hydrogen-bond acceptors (Lipinski definition) is 4. The van der Waals surface area contributed by atoms with Crippen molar-refractivity contribution in [3.63, 3.8) is 0 Å². The second-order valence-electron chi connectivity index (χ2n) is 3.75. The van der Waals surface area contributed by atoms with Gasteiger partial charge in [-0.3, -0.25) is 9.63 Å². The van der Waals surface area contributed by atoms with Crippen molar-refractivity contribution < 1.29 is 14.4 Å². The van der Waals surface area contributed by atoms with E-state index < -0.39 is 0 Å². The number of ether oxygens (including phenoxy) is 1. The maximum absolute atomic E-state index is 12.2. The Kier molecular flexibility index (Phi) is 3.49. The molecular formula is C12H16N2O3. The van der Waals surface area contributed by atoms with Gasteiger partial charge in [0.2, 0.25) is 0 Å². The van der Waals surface area contributed by atoms with Gasteiger partial charge in [-0.15, -0.1) is 0 Å². The molecule has 0 bridgehead atoms. The topological polar surface area (TPSA) is 64.8 Å². The molecule has 5 nitrogen and oxygen atoms in total. The van der Waals surface area contributed by atoms with Crippen molar-refractivity contribution in [1.82, 2.24) is 5.06 Å². The maximum Gasteiger partial charge on any atom is 0.283 e. The Bertz CT molecular complexity index is 414. The Hall–Kier alpha value is -1.75. The molecule has 0 radical (unpaired) electrons. The minimum atomic E-state index is -0.232. The summed E-state index contributed by atoms with van der Waals surface area (Å²) < 4.78 is 5.42. The lowest BCUT2D eigenvalue weighted by molar-refractivity contribution is -0.0769. The number of carbonyl (C=O) groups is 1. The summed E-state index contributed by atoms with van der Waals surface area (Å²) >= 11 is 0. The fourth-order valence-electron chi connectivity index (χ4n) is 1.79. The smallest absolute Gasteiger partial charge is 0.283 e.